The van der Waals surface area contributed by atoms with Crippen molar-refractivity contribution in [2.75, 3.05) is 13.0 Å². The van der Waals surface area contributed by atoms with E-state index in [0.717, 1.165) is 12.7 Å². The molecule has 5 heteroatoms. The van der Waals surface area contributed by atoms with Crippen LogP contribution in [0.15, 0.2) is 30.3 Å². The predicted octanol–water partition coefficient (Wildman–Crippen LogP) is -0.486. The summed E-state index contributed by atoms with van der Waals surface area (Å²) in [5, 5.41) is 12.7. The molecule has 16 heavy (non-hydrogen) atoms. The maximum atomic E-state index is 10.3. The van der Waals surface area contributed by atoms with Gasteiger partial charge in [-0.15, -0.1) is 0 Å². The predicted molar refractivity (Wildman–Crippen MR) is 63.4 cm³/mol. The second-order valence-corrected chi connectivity index (χ2v) is 3.67. The van der Waals surface area contributed by atoms with E-state index in [1.165, 1.54) is 0 Å². The summed E-state index contributed by atoms with van der Waals surface area (Å²) in [6, 6.07) is 9.62. The number of nitrogens with one attached hydrogen (secondary N) is 1. The molecular weight excluding hydrogens is 203 g/mol. The van der Waals surface area contributed by atoms with Crippen LogP contribution in [0.3, 0.4) is 0 Å². The molecule has 0 aliphatic rings. The van der Waals surface area contributed by atoms with Crippen molar-refractivity contribution in [1.29, 1.82) is 0 Å². The summed E-state index contributed by atoms with van der Waals surface area (Å²) in [7, 11) is 0.779. The van der Waals surface area contributed by atoms with Crippen LogP contribution in [0, 0.1) is 0 Å². The molecular formula is C11H17BN2O2. The van der Waals surface area contributed by atoms with E-state index in [1.54, 1.807) is 0 Å². The van der Waals surface area contributed by atoms with Crippen LogP contribution in [0.1, 0.15) is 5.56 Å². The minimum absolute atomic E-state index is 0.183. The third-order valence-electron chi connectivity index (χ3n) is 2.47. The number of aliphatic hydroxyl groups is 1. The van der Waals surface area contributed by atoms with E-state index in [-0.39, 0.29) is 19.0 Å². The molecule has 1 rings (SSSR count). The Labute approximate surface area is 96.1 Å². The van der Waals surface area contributed by atoms with Crippen molar-refractivity contribution in [3.05, 3.63) is 35.9 Å². The van der Waals surface area contributed by atoms with Gasteiger partial charge in [0.2, 0.25) is 0 Å². The Balaban J connectivity index is 2.59. The van der Waals surface area contributed by atoms with Crippen molar-refractivity contribution in [2.24, 2.45) is 5.73 Å². The van der Waals surface area contributed by atoms with E-state index in [4.69, 9.17) is 5.73 Å². The van der Waals surface area contributed by atoms with Gasteiger partial charge >= 0.3 is 95.5 Å². The monoisotopic (exact) mass is 220 g/mol. The second kappa shape index (κ2) is 7.27. The van der Waals surface area contributed by atoms with Crippen molar-refractivity contribution in [1.82, 2.24) is 5.32 Å². The molecule has 0 bridgehead atoms. The number of benzene rings is 1. The first-order valence-electron chi connectivity index (χ1n) is 5.37. The Morgan fingerprint density at radius 2 is 2.06 bits per heavy atom. The molecule has 0 radical (unpaired) electrons. The van der Waals surface area contributed by atoms with Gasteiger partial charge in [-0.05, 0) is 0 Å². The molecule has 0 heterocycles. The van der Waals surface area contributed by atoms with Gasteiger partial charge in [0.05, 0.1) is 0 Å². The first-order chi connectivity index (χ1) is 7.77. The van der Waals surface area contributed by atoms with Gasteiger partial charge in [-0.1, -0.05) is 0 Å². The zero-order chi connectivity index (χ0) is 11.8. The van der Waals surface area contributed by atoms with Crippen molar-refractivity contribution in [3.8, 4) is 0 Å². The number of hydrogen-bond donors (Lipinski definition) is 3. The van der Waals surface area contributed by atoms with Gasteiger partial charge in [-0.2, -0.15) is 0 Å². The SMILES string of the molecule is NCC(O)[C@H](Cc1ccccc1)NCB=O. The standard InChI is InChI=1S/C11H17BN2O2/c13-7-11(15)10(14-8-12-16)6-9-4-2-1-3-5-9/h1-5,10-11,14-15H,6-8,13H2/t10-,11?/m0/s1. The van der Waals surface area contributed by atoms with E-state index in [9.17, 15) is 9.81 Å². The molecule has 0 aromatic heterocycles. The van der Waals surface area contributed by atoms with Gasteiger partial charge in [0.25, 0.3) is 0 Å². The number of aliphatic hydroxyl groups excluding tert-OH is 1. The van der Waals surface area contributed by atoms with Crippen LogP contribution in [0.5, 0.6) is 0 Å². The van der Waals surface area contributed by atoms with Crippen molar-refractivity contribution in [2.45, 2.75) is 18.6 Å². The summed E-state index contributed by atoms with van der Waals surface area (Å²) < 4.78 is 10.3. The summed E-state index contributed by atoms with van der Waals surface area (Å²) >= 11 is 0. The first kappa shape index (κ1) is 13.0. The fourth-order valence-electron chi connectivity index (χ4n) is 1.58. The van der Waals surface area contributed by atoms with Crippen LogP contribution in [0.2, 0.25) is 0 Å². The third kappa shape index (κ3) is 4.22. The van der Waals surface area contributed by atoms with Gasteiger partial charge < -0.3 is 0 Å². The molecule has 0 fully saturated rings. The molecule has 0 saturated heterocycles. The molecule has 1 aromatic carbocycles. The van der Waals surface area contributed by atoms with Gasteiger partial charge in [0.1, 0.15) is 0 Å². The molecule has 4 nitrogen and oxygen atoms in total. The van der Waals surface area contributed by atoms with Crippen LogP contribution in [0.25, 0.3) is 0 Å². The Hall–Kier alpha value is -1.04. The van der Waals surface area contributed by atoms with Gasteiger partial charge in [-0.25, -0.2) is 0 Å². The second-order valence-electron chi connectivity index (χ2n) is 3.67. The molecule has 0 aliphatic heterocycles. The third-order valence-corrected chi connectivity index (χ3v) is 2.47. The Kier molecular flexibility index (Phi) is 5.92. The Morgan fingerprint density at radius 1 is 1.38 bits per heavy atom. The van der Waals surface area contributed by atoms with E-state index in [0.29, 0.717) is 6.42 Å². The zero-order valence-electron chi connectivity index (χ0n) is 9.17. The zero-order valence-corrected chi connectivity index (χ0v) is 9.17. The number of nitrogens with two attached hydrogens (primary N) is 1. The summed E-state index contributed by atoms with van der Waals surface area (Å²) in [6.45, 7) is 0.184. The minimum atomic E-state index is -0.639. The van der Waals surface area contributed by atoms with Crippen molar-refractivity contribution in [3.63, 3.8) is 0 Å². The van der Waals surface area contributed by atoms with Crippen LogP contribution >= 0.6 is 0 Å². The quantitative estimate of drug-likeness (QED) is 0.542. The fourth-order valence-corrected chi connectivity index (χ4v) is 1.58. The van der Waals surface area contributed by atoms with Crippen LogP contribution in [-0.4, -0.2) is 37.4 Å². The van der Waals surface area contributed by atoms with Gasteiger partial charge in [0, 0.05) is 0 Å². The molecule has 4 N–H and O–H groups in total. The van der Waals surface area contributed by atoms with E-state index < -0.39 is 6.10 Å². The van der Waals surface area contributed by atoms with Gasteiger partial charge in [0.15, 0.2) is 0 Å². The molecule has 1 unspecified atom stereocenters. The molecule has 0 aliphatic carbocycles. The van der Waals surface area contributed by atoms with Gasteiger partial charge in [-0.3, -0.25) is 0 Å². The molecule has 0 amide bonds. The topological polar surface area (TPSA) is 75.3 Å². The van der Waals surface area contributed by atoms with Crippen LogP contribution in [0.4, 0.5) is 0 Å². The average molecular weight is 220 g/mol. The van der Waals surface area contributed by atoms with Crippen LogP contribution in [-0.2, 0) is 11.1 Å². The normalized spacial score (nSPS) is 14.1. The van der Waals surface area contributed by atoms with Crippen molar-refractivity contribution >= 4 is 7.15 Å². The number of hydrogen-bond acceptors (Lipinski definition) is 4. The van der Waals surface area contributed by atoms with Crippen LogP contribution < -0.4 is 11.1 Å². The fraction of sp³-hybridized carbons (Fsp3) is 0.455. The molecule has 86 valence electrons. The van der Waals surface area contributed by atoms with E-state index >= 15 is 0 Å². The average Bonchev–Trinajstić information content (AvgIpc) is 2.34. The van der Waals surface area contributed by atoms with E-state index in [2.05, 4.69) is 5.32 Å². The molecule has 2 atom stereocenters. The Bertz CT molecular complexity index is 308. The van der Waals surface area contributed by atoms with Crippen molar-refractivity contribution < 1.29 is 9.81 Å². The first-order valence-corrected chi connectivity index (χ1v) is 5.37. The summed E-state index contributed by atoms with van der Waals surface area (Å²) in [6.07, 6.45) is 0.252. The summed E-state index contributed by atoms with van der Waals surface area (Å²) in [5.74, 6) is 0. The Morgan fingerprint density at radius 3 is 2.62 bits per heavy atom. The molecule has 1 aromatic rings. The maximum absolute atomic E-state index is 10.3. The molecule has 0 spiro atoms. The summed E-state index contributed by atoms with van der Waals surface area (Å²) in [5.41, 5.74) is 6.53. The van der Waals surface area contributed by atoms with E-state index in [1.807, 2.05) is 30.3 Å². The number of rotatable bonds is 7. The summed E-state index contributed by atoms with van der Waals surface area (Å²) in [4.78, 5) is 0. The molecule has 0 saturated carbocycles.